The summed E-state index contributed by atoms with van der Waals surface area (Å²) in [7, 11) is -0.227. The molecule has 2 heterocycles. The van der Waals surface area contributed by atoms with E-state index in [1.54, 1.807) is 12.1 Å². The van der Waals surface area contributed by atoms with Crippen LogP contribution >= 0.6 is 0 Å². The molecule has 0 unspecified atom stereocenters. The molecule has 1 fully saturated rings. The van der Waals surface area contributed by atoms with Crippen molar-refractivity contribution < 1.29 is 17.9 Å². The van der Waals surface area contributed by atoms with Crippen molar-refractivity contribution >= 4 is 15.8 Å². The number of methoxy groups -OCH3 is 1. The Bertz CT molecular complexity index is 1060. The van der Waals surface area contributed by atoms with Gasteiger partial charge in [0.05, 0.1) is 13.7 Å². The topological polar surface area (TPSA) is 71.9 Å². The number of aromatic nitrogens is 1. The molecule has 164 valence electrons. The summed E-state index contributed by atoms with van der Waals surface area (Å²) in [5.41, 5.74) is 4.65. The fourth-order valence-electron chi connectivity index (χ4n) is 3.82. The van der Waals surface area contributed by atoms with Gasteiger partial charge in [0.15, 0.2) is 5.78 Å². The number of hydrogen-bond donors (Lipinski definition) is 0. The van der Waals surface area contributed by atoms with Gasteiger partial charge in [-0.15, -0.1) is 0 Å². The minimum absolute atomic E-state index is 0.0725. The van der Waals surface area contributed by atoms with Crippen LogP contribution < -0.4 is 4.74 Å². The normalized spacial score (nSPS) is 16.1. The Morgan fingerprint density at radius 3 is 2.13 bits per heavy atom. The number of aryl methyl sites for hydroxylation is 3. The van der Waals surface area contributed by atoms with Crippen LogP contribution in [-0.4, -0.2) is 67.8 Å². The molecule has 1 aromatic heterocycles. The molecule has 0 amide bonds. The van der Waals surface area contributed by atoms with Crippen molar-refractivity contribution in [3.8, 4) is 5.75 Å². The van der Waals surface area contributed by atoms with Crippen LogP contribution in [0.3, 0.4) is 0 Å². The molecular formula is C22H31N3O4S. The van der Waals surface area contributed by atoms with E-state index in [1.165, 1.54) is 11.4 Å². The largest absolute Gasteiger partial charge is 0.495 e. The molecule has 0 saturated carbocycles. The molecule has 0 bridgehead atoms. The van der Waals surface area contributed by atoms with Gasteiger partial charge in [-0.05, 0) is 57.0 Å². The van der Waals surface area contributed by atoms with Gasteiger partial charge in [-0.25, -0.2) is 8.42 Å². The zero-order chi connectivity index (χ0) is 22.2. The Kier molecular flexibility index (Phi) is 6.40. The molecule has 1 aliphatic heterocycles. The number of sulfonamides is 1. The van der Waals surface area contributed by atoms with Crippen molar-refractivity contribution in [1.29, 1.82) is 0 Å². The van der Waals surface area contributed by atoms with Crippen LogP contribution in [0.15, 0.2) is 23.1 Å². The highest BCUT2D eigenvalue weighted by molar-refractivity contribution is 7.89. The third-order valence-corrected chi connectivity index (χ3v) is 8.09. The summed E-state index contributed by atoms with van der Waals surface area (Å²) in [5.74, 6) is 0.439. The van der Waals surface area contributed by atoms with Crippen LogP contribution in [0.5, 0.6) is 5.75 Å². The van der Waals surface area contributed by atoms with Gasteiger partial charge in [-0.3, -0.25) is 9.69 Å². The molecule has 1 saturated heterocycles. The fourth-order valence-corrected chi connectivity index (χ4v) is 5.46. The highest BCUT2D eigenvalue weighted by atomic mass is 32.2. The van der Waals surface area contributed by atoms with Crippen LogP contribution in [-0.2, 0) is 17.1 Å². The van der Waals surface area contributed by atoms with Gasteiger partial charge in [0, 0.05) is 50.2 Å². The van der Waals surface area contributed by atoms with Gasteiger partial charge in [0.1, 0.15) is 10.6 Å². The van der Waals surface area contributed by atoms with E-state index in [9.17, 15) is 13.2 Å². The quantitative estimate of drug-likeness (QED) is 0.655. The molecule has 3 rings (SSSR count). The molecule has 1 aromatic carbocycles. The van der Waals surface area contributed by atoms with Crippen LogP contribution in [0.4, 0.5) is 0 Å². The minimum Gasteiger partial charge on any atom is -0.495 e. The lowest BCUT2D eigenvalue weighted by Crippen LogP contribution is -2.49. The predicted molar refractivity (Wildman–Crippen MR) is 117 cm³/mol. The Balaban J connectivity index is 1.70. The van der Waals surface area contributed by atoms with Gasteiger partial charge in [0.2, 0.25) is 10.0 Å². The maximum atomic E-state index is 13.2. The van der Waals surface area contributed by atoms with Crippen LogP contribution in [0.25, 0.3) is 0 Å². The lowest BCUT2D eigenvalue weighted by atomic mass is 10.1. The number of carbonyl (C=O) groups is 1. The number of hydrogen-bond acceptors (Lipinski definition) is 5. The molecule has 30 heavy (non-hydrogen) atoms. The number of carbonyl (C=O) groups excluding carboxylic acids is 1. The second-order valence-corrected chi connectivity index (χ2v) is 9.94. The summed E-state index contributed by atoms with van der Waals surface area (Å²) in [6, 6.07) is 5.37. The highest BCUT2D eigenvalue weighted by Crippen LogP contribution is 2.30. The van der Waals surface area contributed by atoms with E-state index in [1.807, 2.05) is 50.3 Å². The summed E-state index contributed by atoms with van der Waals surface area (Å²) >= 11 is 0. The summed E-state index contributed by atoms with van der Waals surface area (Å²) in [6.45, 7) is 9.77. The van der Waals surface area contributed by atoms with E-state index in [2.05, 4.69) is 0 Å². The first-order valence-corrected chi connectivity index (χ1v) is 11.5. The van der Waals surface area contributed by atoms with Crippen molar-refractivity contribution in [1.82, 2.24) is 13.8 Å². The number of ether oxygens (including phenoxy) is 1. The van der Waals surface area contributed by atoms with Gasteiger partial charge >= 0.3 is 0 Å². The zero-order valence-electron chi connectivity index (χ0n) is 18.7. The molecule has 0 aliphatic carbocycles. The standard InChI is InChI=1S/C22H31N3O4S/c1-15-11-21(29-6)22(12-16(15)2)30(27,28)25-9-7-24(8-10-25)14-20(26)19-13-17(3)23(5)18(19)4/h11-13H,7-10,14H2,1-6H3. The van der Waals surface area contributed by atoms with Crippen LogP contribution in [0, 0.1) is 27.7 Å². The van der Waals surface area contributed by atoms with E-state index < -0.39 is 10.0 Å². The van der Waals surface area contributed by atoms with Gasteiger partial charge in [-0.2, -0.15) is 4.31 Å². The number of benzene rings is 1. The van der Waals surface area contributed by atoms with E-state index >= 15 is 0 Å². The third kappa shape index (κ3) is 4.17. The fraction of sp³-hybridized carbons (Fsp3) is 0.500. The van der Waals surface area contributed by atoms with Crippen molar-refractivity contribution in [2.75, 3.05) is 39.8 Å². The maximum absolute atomic E-state index is 13.2. The zero-order valence-corrected chi connectivity index (χ0v) is 19.5. The first-order chi connectivity index (χ1) is 14.1. The van der Waals surface area contributed by atoms with Gasteiger partial charge in [0.25, 0.3) is 0 Å². The van der Waals surface area contributed by atoms with Gasteiger partial charge in [-0.1, -0.05) is 0 Å². The summed E-state index contributed by atoms with van der Waals surface area (Å²) in [4.78, 5) is 15.0. The molecule has 1 aliphatic rings. The SMILES string of the molecule is COc1cc(C)c(C)cc1S(=O)(=O)N1CCN(CC(=O)c2cc(C)n(C)c2C)CC1. The minimum atomic E-state index is -3.66. The lowest BCUT2D eigenvalue weighted by Gasteiger charge is -2.33. The smallest absolute Gasteiger partial charge is 0.246 e. The molecule has 0 spiro atoms. The predicted octanol–water partition coefficient (Wildman–Crippen LogP) is 2.46. The van der Waals surface area contributed by atoms with E-state index in [0.29, 0.717) is 38.5 Å². The summed E-state index contributed by atoms with van der Waals surface area (Å²) < 4.78 is 35.3. The average molecular weight is 434 g/mol. The number of nitrogens with zero attached hydrogens (tertiary/aromatic N) is 3. The first kappa shape index (κ1) is 22.5. The maximum Gasteiger partial charge on any atom is 0.246 e. The number of Topliss-reactive ketones (excluding diaryl/α,β-unsaturated/α-hetero) is 1. The number of rotatable bonds is 6. The average Bonchev–Trinajstić information content (AvgIpc) is 2.97. The second-order valence-electron chi connectivity index (χ2n) is 8.03. The van der Waals surface area contributed by atoms with Crippen molar-refractivity contribution in [2.45, 2.75) is 32.6 Å². The Labute approximate surface area is 179 Å². The molecule has 7 nitrogen and oxygen atoms in total. The first-order valence-electron chi connectivity index (χ1n) is 10.1. The molecule has 2 aromatic rings. The second kappa shape index (κ2) is 8.53. The number of piperazine rings is 1. The van der Waals surface area contributed by atoms with Crippen molar-refractivity contribution in [2.24, 2.45) is 7.05 Å². The monoisotopic (exact) mass is 433 g/mol. The molecule has 0 N–H and O–H groups in total. The number of ketones is 1. The van der Waals surface area contributed by atoms with Crippen molar-refractivity contribution in [3.63, 3.8) is 0 Å². The molecular weight excluding hydrogens is 402 g/mol. The van der Waals surface area contributed by atoms with E-state index in [4.69, 9.17) is 4.74 Å². The van der Waals surface area contributed by atoms with Crippen LogP contribution in [0.2, 0.25) is 0 Å². The van der Waals surface area contributed by atoms with Crippen molar-refractivity contribution in [3.05, 3.63) is 46.3 Å². The Hall–Kier alpha value is -2.16. The van der Waals surface area contributed by atoms with Gasteiger partial charge < -0.3 is 9.30 Å². The highest BCUT2D eigenvalue weighted by Gasteiger charge is 2.32. The van der Waals surface area contributed by atoms with E-state index in [0.717, 1.165) is 28.1 Å². The molecule has 8 heteroatoms. The van der Waals surface area contributed by atoms with Crippen LogP contribution in [0.1, 0.15) is 32.9 Å². The third-order valence-electron chi connectivity index (χ3n) is 6.17. The Morgan fingerprint density at radius 2 is 1.60 bits per heavy atom. The summed E-state index contributed by atoms with van der Waals surface area (Å²) in [5, 5.41) is 0. The molecule has 0 atom stereocenters. The Morgan fingerprint density at radius 1 is 1.00 bits per heavy atom. The van der Waals surface area contributed by atoms with E-state index in [-0.39, 0.29) is 10.7 Å². The molecule has 0 radical (unpaired) electrons. The lowest BCUT2D eigenvalue weighted by molar-refractivity contribution is 0.0901. The summed E-state index contributed by atoms with van der Waals surface area (Å²) in [6.07, 6.45) is 0.